The third-order valence-corrected chi connectivity index (χ3v) is 3.07. The molecule has 0 saturated carbocycles. The molecule has 0 aromatic carbocycles. The molecule has 0 aliphatic rings. The van der Waals surface area contributed by atoms with Gasteiger partial charge in [0.15, 0.2) is 5.82 Å². The number of ether oxygens (including phenoxy) is 1. The minimum Gasteiger partial charge on any atom is -0.480 e. The van der Waals surface area contributed by atoms with E-state index in [-0.39, 0.29) is 28.8 Å². The smallest absolute Gasteiger partial charge is 0.325 e. The van der Waals surface area contributed by atoms with Crippen LogP contribution >= 0.6 is 11.6 Å². The second-order valence-corrected chi connectivity index (χ2v) is 5.87. The third-order valence-electron chi connectivity index (χ3n) is 2.80. The van der Waals surface area contributed by atoms with Gasteiger partial charge in [-0.05, 0) is 12.0 Å². The van der Waals surface area contributed by atoms with E-state index >= 15 is 0 Å². The number of nitrogens with one attached hydrogen (secondary N) is 1. The SMILES string of the molecule is CC(C)COc1ncc(C(=O)Nc2ccn(CC(=O)O)n2)cc1Cl. The maximum atomic E-state index is 12.2. The van der Waals surface area contributed by atoms with Crippen LogP contribution in [-0.2, 0) is 11.3 Å². The topological polar surface area (TPSA) is 106 Å². The Morgan fingerprint density at radius 1 is 1.46 bits per heavy atom. The van der Waals surface area contributed by atoms with E-state index in [2.05, 4.69) is 15.4 Å². The molecule has 0 aliphatic carbocycles. The number of carbonyl (C=O) groups excluding carboxylic acids is 1. The molecule has 0 spiro atoms. The number of halogens is 1. The molecule has 2 aromatic rings. The molecule has 128 valence electrons. The van der Waals surface area contributed by atoms with Crippen molar-refractivity contribution in [1.82, 2.24) is 14.8 Å². The fourth-order valence-electron chi connectivity index (χ4n) is 1.74. The number of anilines is 1. The maximum Gasteiger partial charge on any atom is 0.325 e. The average Bonchev–Trinajstić information content (AvgIpc) is 2.91. The summed E-state index contributed by atoms with van der Waals surface area (Å²) in [6.45, 7) is 4.18. The number of amides is 1. The number of hydrogen-bond acceptors (Lipinski definition) is 5. The molecule has 2 rings (SSSR count). The number of hydrogen-bond donors (Lipinski definition) is 2. The second kappa shape index (κ2) is 7.78. The molecule has 2 heterocycles. The predicted octanol–water partition coefficient (Wildman–Crippen LogP) is 2.30. The van der Waals surface area contributed by atoms with Gasteiger partial charge in [-0.2, -0.15) is 5.10 Å². The van der Waals surface area contributed by atoms with Crippen molar-refractivity contribution in [3.63, 3.8) is 0 Å². The van der Waals surface area contributed by atoms with Crippen LogP contribution in [0.25, 0.3) is 0 Å². The minimum atomic E-state index is -1.02. The Bertz CT molecular complexity index is 745. The number of pyridine rings is 1. The van der Waals surface area contributed by atoms with Crippen molar-refractivity contribution >= 4 is 29.3 Å². The number of aromatic nitrogens is 3. The summed E-state index contributed by atoms with van der Waals surface area (Å²) in [4.78, 5) is 26.8. The summed E-state index contributed by atoms with van der Waals surface area (Å²) >= 11 is 6.07. The van der Waals surface area contributed by atoms with Crippen molar-refractivity contribution in [3.8, 4) is 5.88 Å². The van der Waals surface area contributed by atoms with Crippen molar-refractivity contribution in [2.45, 2.75) is 20.4 Å². The van der Waals surface area contributed by atoms with Gasteiger partial charge in [0.1, 0.15) is 11.6 Å². The zero-order valence-corrected chi connectivity index (χ0v) is 13.9. The molecular formula is C15H17ClN4O4. The highest BCUT2D eigenvalue weighted by molar-refractivity contribution is 6.32. The molecule has 24 heavy (non-hydrogen) atoms. The van der Waals surface area contributed by atoms with Gasteiger partial charge in [-0.25, -0.2) is 4.98 Å². The molecule has 0 saturated heterocycles. The highest BCUT2D eigenvalue weighted by atomic mass is 35.5. The molecule has 2 aromatic heterocycles. The lowest BCUT2D eigenvalue weighted by Crippen LogP contribution is -2.14. The Balaban J connectivity index is 2.03. The van der Waals surface area contributed by atoms with E-state index < -0.39 is 11.9 Å². The minimum absolute atomic E-state index is 0.234. The van der Waals surface area contributed by atoms with Crippen molar-refractivity contribution in [2.24, 2.45) is 5.92 Å². The van der Waals surface area contributed by atoms with Crippen LogP contribution in [-0.4, -0.2) is 38.4 Å². The molecule has 0 unspecified atom stereocenters. The van der Waals surface area contributed by atoms with Crippen molar-refractivity contribution < 1.29 is 19.4 Å². The number of rotatable bonds is 7. The molecule has 0 radical (unpaired) electrons. The number of carbonyl (C=O) groups is 2. The first-order valence-corrected chi connectivity index (χ1v) is 7.58. The van der Waals surface area contributed by atoms with E-state index in [1.807, 2.05) is 13.8 Å². The molecule has 0 bridgehead atoms. The highest BCUT2D eigenvalue weighted by Gasteiger charge is 2.13. The number of aliphatic carboxylic acids is 1. The average molecular weight is 353 g/mol. The molecular weight excluding hydrogens is 336 g/mol. The van der Waals surface area contributed by atoms with Crippen molar-refractivity contribution in [1.29, 1.82) is 0 Å². The van der Waals surface area contributed by atoms with Crippen LogP contribution < -0.4 is 10.1 Å². The Morgan fingerprint density at radius 3 is 2.83 bits per heavy atom. The largest absolute Gasteiger partial charge is 0.480 e. The lowest BCUT2D eigenvalue weighted by molar-refractivity contribution is -0.137. The summed E-state index contributed by atoms with van der Waals surface area (Å²) in [6, 6.07) is 2.95. The Labute approximate surface area is 143 Å². The Morgan fingerprint density at radius 2 is 2.21 bits per heavy atom. The van der Waals surface area contributed by atoms with Crippen LogP contribution in [0.4, 0.5) is 5.82 Å². The molecule has 9 heteroatoms. The van der Waals surface area contributed by atoms with Crippen LogP contribution in [0.1, 0.15) is 24.2 Å². The standard InChI is InChI=1S/C15H17ClN4O4/c1-9(2)8-24-15-11(16)5-10(6-17-15)14(23)18-12-3-4-20(19-12)7-13(21)22/h3-6,9H,7-8H2,1-2H3,(H,21,22)(H,18,19,23). The number of carboxylic acids is 1. The van der Waals surface area contributed by atoms with Gasteiger partial charge in [-0.15, -0.1) is 0 Å². The molecule has 2 N–H and O–H groups in total. The van der Waals surface area contributed by atoms with Crippen LogP contribution in [0.2, 0.25) is 5.02 Å². The fraction of sp³-hybridized carbons (Fsp3) is 0.333. The molecule has 0 atom stereocenters. The Hall–Kier alpha value is -2.61. The third kappa shape index (κ3) is 4.95. The molecule has 8 nitrogen and oxygen atoms in total. The van der Waals surface area contributed by atoms with Gasteiger partial charge < -0.3 is 15.2 Å². The zero-order chi connectivity index (χ0) is 17.7. The van der Waals surface area contributed by atoms with Crippen molar-refractivity contribution in [2.75, 3.05) is 11.9 Å². The first-order valence-electron chi connectivity index (χ1n) is 7.20. The summed E-state index contributed by atoms with van der Waals surface area (Å²) in [5.41, 5.74) is 0.240. The zero-order valence-electron chi connectivity index (χ0n) is 13.2. The van der Waals surface area contributed by atoms with Gasteiger partial charge in [0, 0.05) is 18.5 Å². The number of nitrogens with zero attached hydrogens (tertiary/aromatic N) is 3. The highest BCUT2D eigenvalue weighted by Crippen LogP contribution is 2.23. The first-order chi connectivity index (χ1) is 11.3. The van der Waals surface area contributed by atoms with E-state index in [0.29, 0.717) is 12.5 Å². The van der Waals surface area contributed by atoms with Gasteiger partial charge in [0.25, 0.3) is 5.91 Å². The lowest BCUT2D eigenvalue weighted by Gasteiger charge is -2.10. The van der Waals surface area contributed by atoms with E-state index in [9.17, 15) is 9.59 Å². The van der Waals surface area contributed by atoms with Crippen LogP contribution in [0.5, 0.6) is 5.88 Å². The summed E-state index contributed by atoms with van der Waals surface area (Å²) in [5.74, 6) is -0.652. The van der Waals surface area contributed by atoms with E-state index in [1.165, 1.54) is 29.2 Å². The normalized spacial score (nSPS) is 10.7. The predicted molar refractivity (Wildman–Crippen MR) is 87.4 cm³/mol. The van der Waals surface area contributed by atoms with E-state index in [4.69, 9.17) is 21.4 Å². The van der Waals surface area contributed by atoms with Gasteiger partial charge in [-0.3, -0.25) is 14.3 Å². The quantitative estimate of drug-likeness (QED) is 0.791. The van der Waals surface area contributed by atoms with Crippen LogP contribution in [0.15, 0.2) is 24.5 Å². The first kappa shape index (κ1) is 17.7. The van der Waals surface area contributed by atoms with Crippen LogP contribution in [0.3, 0.4) is 0 Å². The molecule has 0 aliphatic heterocycles. The summed E-state index contributed by atoms with van der Waals surface area (Å²) in [5, 5.41) is 15.4. The summed E-state index contributed by atoms with van der Waals surface area (Å²) < 4.78 is 6.65. The summed E-state index contributed by atoms with van der Waals surface area (Å²) in [7, 11) is 0. The van der Waals surface area contributed by atoms with Crippen LogP contribution in [0, 0.1) is 5.92 Å². The maximum absolute atomic E-state index is 12.2. The van der Waals surface area contributed by atoms with Gasteiger partial charge in [0.05, 0.1) is 12.2 Å². The fourth-order valence-corrected chi connectivity index (χ4v) is 1.97. The van der Waals surface area contributed by atoms with Gasteiger partial charge in [0.2, 0.25) is 5.88 Å². The second-order valence-electron chi connectivity index (χ2n) is 5.46. The summed E-state index contributed by atoms with van der Waals surface area (Å²) in [6.07, 6.45) is 2.81. The molecule has 0 fully saturated rings. The monoisotopic (exact) mass is 352 g/mol. The van der Waals surface area contributed by atoms with Crippen molar-refractivity contribution in [3.05, 3.63) is 35.1 Å². The van der Waals surface area contributed by atoms with Gasteiger partial charge in [-0.1, -0.05) is 25.4 Å². The molecule has 1 amide bonds. The lowest BCUT2D eigenvalue weighted by atomic mass is 10.2. The van der Waals surface area contributed by atoms with E-state index in [1.54, 1.807) is 0 Å². The van der Waals surface area contributed by atoms with E-state index in [0.717, 1.165) is 0 Å². The number of carboxylic acid groups (broad SMARTS) is 1. The van der Waals surface area contributed by atoms with Gasteiger partial charge >= 0.3 is 5.97 Å². The Kier molecular flexibility index (Phi) is 5.75.